The van der Waals surface area contributed by atoms with E-state index in [0.717, 1.165) is 54.8 Å². The normalized spacial score (nSPS) is 45.9. The van der Waals surface area contributed by atoms with Gasteiger partial charge in [0.15, 0.2) is 0 Å². The Morgan fingerprint density at radius 1 is 1.00 bits per heavy atom. The summed E-state index contributed by atoms with van der Waals surface area (Å²) in [6.45, 7) is 15.1. The van der Waals surface area contributed by atoms with Gasteiger partial charge in [0.1, 0.15) is 11.7 Å². The van der Waals surface area contributed by atoms with Gasteiger partial charge in [-0.05, 0) is 97.5 Å². The summed E-state index contributed by atoms with van der Waals surface area (Å²) in [6, 6.07) is 9.48. The highest BCUT2D eigenvalue weighted by atomic mass is 16.6. The molecule has 1 spiro atoms. The number of carbonyl (C=O) groups excluding carboxylic acids is 1. The van der Waals surface area contributed by atoms with Crippen LogP contribution in [0.25, 0.3) is 0 Å². The van der Waals surface area contributed by atoms with E-state index in [2.05, 4.69) is 41.5 Å². The molecule has 3 nitrogen and oxygen atoms in total. The number of esters is 1. The number of fused-ring (bicyclic) bond motifs is 4. The molecule has 6 rings (SSSR count). The molecule has 11 atom stereocenters. The van der Waals surface area contributed by atoms with Gasteiger partial charge in [0, 0.05) is 11.8 Å². The van der Waals surface area contributed by atoms with E-state index in [1.165, 1.54) is 44.9 Å². The van der Waals surface area contributed by atoms with Crippen molar-refractivity contribution >= 4 is 5.97 Å². The van der Waals surface area contributed by atoms with Crippen LogP contribution in [0.2, 0.25) is 0 Å². The molecule has 0 radical (unpaired) electrons. The van der Waals surface area contributed by atoms with E-state index in [9.17, 15) is 4.79 Å². The molecule has 1 aliphatic heterocycles. The Labute approximate surface area is 231 Å². The number of hydrogen-bond acceptors (Lipinski definition) is 3. The first kappa shape index (κ1) is 26.9. The summed E-state index contributed by atoms with van der Waals surface area (Å²) in [5, 5.41) is 0. The first-order valence-electron chi connectivity index (χ1n) is 16.0. The topological polar surface area (TPSA) is 38.8 Å². The smallest absolute Gasteiger partial charge is 0.338 e. The third kappa shape index (κ3) is 4.03. The van der Waals surface area contributed by atoms with Crippen LogP contribution in [-0.4, -0.2) is 23.8 Å². The SMILES string of the molecule is CC(C)CCC[C@H](C)[C@@H]1CC[C@@H]2[C@H]3[C@H](C)[C@@H]4O[C@@]45C[C@@H](OC(=O)c4ccccc4)CC[C@]5(C)[C@@H]3CC[C@@]21C. The maximum atomic E-state index is 12.8. The number of epoxide rings is 1. The fourth-order valence-corrected chi connectivity index (χ4v) is 11.0. The van der Waals surface area contributed by atoms with Crippen molar-refractivity contribution in [2.24, 2.45) is 52.3 Å². The average Bonchev–Trinajstić information content (AvgIpc) is 3.51. The largest absolute Gasteiger partial charge is 0.459 e. The fourth-order valence-electron chi connectivity index (χ4n) is 11.0. The van der Waals surface area contributed by atoms with Crippen molar-refractivity contribution in [3.8, 4) is 0 Å². The van der Waals surface area contributed by atoms with Crippen molar-refractivity contribution < 1.29 is 14.3 Å². The minimum Gasteiger partial charge on any atom is -0.459 e. The van der Waals surface area contributed by atoms with E-state index in [1.807, 2.05) is 30.3 Å². The second-order valence-corrected chi connectivity index (χ2v) is 15.2. The van der Waals surface area contributed by atoms with Gasteiger partial charge < -0.3 is 9.47 Å². The van der Waals surface area contributed by atoms with Gasteiger partial charge in [-0.1, -0.05) is 79.0 Å². The van der Waals surface area contributed by atoms with Gasteiger partial charge in [0.25, 0.3) is 0 Å². The molecule has 0 amide bonds. The van der Waals surface area contributed by atoms with Gasteiger partial charge in [-0.25, -0.2) is 4.79 Å². The minimum atomic E-state index is -0.178. The maximum Gasteiger partial charge on any atom is 0.338 e. The monoisotopic (exact) mass is 520 g/mol. The molecule has 0 unspecified atom stereocenters. The van der Waals surface area contributed by atoms with Gasteiger partial charge in [0.05, 0.1) is 11.7 Å². The van der Waals surface area contributed by atoms with E-state index in [0.29, 0.717) is 23.0 Å². The molecule has 0 N–H and O–H groups in total. The first-order chi connectivity index (χ1) is 18.1. The lowest BCUT2D eigenvalue weighted by molar-refractivity contribution is -0.132. The molecule has 1 aromatic rings. The van der Waals surface area contributed by atoms with E-state index < -0.39 is 0 Å². The van der Waals surface area contributed by atoms with E-state index >= 15 is 0 Å². The number of rotatable bonds is 7. The Kier molecular flexibility index (Phi) is 6.81. The van der Waals surface area contributed by atoms with Crippen LogP contribution >= 0.6 is 0 Å². The Morgan fingerprint density at radius 2 is 1.76 bits per heavy atom. The summed E-state index contributed by atoms with van der Waals surface area (Å²) in [5.41, 5.74) is 1.29. The number of benzene rings is 1. The van der Waals surface area contributed by atoms with Gasteiger partial charge in [-0.2, -0.15) is 0 Å². The van der Waals surface area contributed by atoms with Crippen molar-refractivity contribution in [3.05, 3.63) is 35.9 Å². The number of hydrogen-bond donors (Lipinski definition) is 0. The fraction of sp³-hybridized carbons (Fsp3) is 0.800. The average molecular weight is 521 g/mol. The molecule has 3 heteroatoms. The van der Waals surface area contributed by atoms with Crippen molar-refractivity contribution in [2.75, 3.05) is 0 Å². The second kappa shape index (κ2) is 9.64. The zero-order valence-electron chi connectivity index (χ0n) is 24.9. The lowest BCUT2D eigenvalue weighted by Crippen LogP contribution is -2.61. The molecule has 5 fully saturated rings. The Morgan fingerprint density at radius 3 is 2.50 bits per heavy atom. The van der Waals surface area contributed by atoms with E-state index in [-0.39, 0.29) is 23.1 Å². The molecule has 1 saturated heterocycles. The molecule has 38 heavy (non-hydrogen) atoms. The Balaban J connectivity index is 1.17. The minimum absolute atomic E-state index is 0.0269. The quantitative estimate of drug-likeness (QED) is 0.266. The number of carbonyl (C=O) groups is 1. The highest BCUT2D eigenvalue weighted by molar-refractivity contribution is 5.89. The molecule has 5 aliphatic rings. The Bertz CT molecular complexity index is 1020. The number of ether oxygens (including phenoxy) is 2. The van der Waals surface area contributed by atoms with Crippen LogP contribution in [-0.2, 0) is 9.47 Å². The van der Waals surface area contributed by atoms with Gasteiger partial charge in [-0.15, -0.1) is 0 Å². The first-order valence-corrected chi connectivity index (χ1v) is 16.0. The van der Waals surface area contributed by atoms with Gasteiger partial charge in [-0.3, -0.25) is 0 Å². The van der Waals surface area contributed by atoms with Gasteiger partial charge >= 0.3 is 5.97 Å². The highest BCUT2D eigenvalue weighted by Crippen LogP contribution is 2.75. The zero-order valence-corrected chi connectivity index (χ0v) is 24.9. The van der Waals surface area contributed by atoms with Crippen molar-refractivity contribution in [1.82, 2.24) is 0 Å². The van der Waals surface area contributed by atoms with Crippen LogP contribution in [0.4, 0.5) is 0 Å². The maximum absolute atomic E-state index is 12.8. The highest BCUT2D eigenvalue weighted by Gasteiger charge is 2.78. The summed E-state index contributed by atoms with van der Waals surface area (Å²) in [7, 11) is 0. The molecule has 0 aromatic heterocycles. The molecule has 1 heterocycles. The van der Waals surface area contributed by atoms with Crippen LogP contribution < -0.4 is 0 Å². The molecular formula is C35H52O3. The van der Waals surface area contributed by atoms with E-state index in [1.54, 1.807) is 0 Å². The van der Waals surface area contributed by atoms with Crippen LogP contribution in [0.1, 0.15) is 116 Å². The Hall–Kier alpha value is -1.35. The third-order valence-corrected chi connectivity index (χ3v) is 12.9. The zero-order chi connectivity index (χ0) is 26.9. The molecule has 210 valence electrons. The molecule has 4 aliphatic carbocycles. The van der Waals surface area contributed by atoms with Crippen LogP contribution in [0, 0.1) is 52.3 Å². The van der Waals surface area contributed by atoms with Crippen LogP contribution in [0.5, 0.6) is 0 Å². The lowest BCUT2D eigenvalue weighted by Gasteiger charge is -2.61. The molecule has 0 bridgehead atoms. The summed E-state index contributed by atoms with van der Waals surface area (Å²) >= 11 is 0. The third-order valence-electron chi connectivity index (χ3n) is 12.9. The summed E-state index contributed by atoms with van der Waals surface area (Å²) in [6.07, 6.45) is 13.1. The summed E-state index contributed by atoms with van der Waals surface area (Å²) in [4.78, 5) is 12.8. The van der Waals surface area contributed by atoms with Crippen molar-refractivity contribution in [2.45, 2.75) is 124 Å². The molecule has 1 aromatic carbocycles. The predicted octanol–water partition coefficient (Wildman–Crippen LogP) is 8.71. The summed E-state index contributed by atoms with van der Waals surface area (Å²) in [5.74, 6) is 5.37. The van der Waals surface area contributed by atoms with Crippen LogP contribution in [0.15, 0.2) is 30.3 Å². The molecule has 4 saturated carbocycles. The van der Waals surface area contributed by atoms with Gasteiger partial charge in [0.2, 0.25) is 0 Å². The summed E-state index contributed by atoms with van der Waals surface area (Å²) < 4.78 is 12.9. The molecular weight excluding hydrogens is 468 g/mol. The van der Waals surface area contributed by atoms with Crippen molar-refractivity contribution in [3.63, 3.8) is 0 Å². The van der Waals surface area contributed by atoms with E-state index in [4.69, 9.17) is 9.47 Å². The second-order valence-electron chi connectivity index (χ2n) is 15.2. The lowest BCUT2D eigenvalue weighted by atomic mass is 9.42. The van der Waals surface area contributed by atoms with Crippen molar-refractivity contribution in [1.29, 1.82) is 0 Å². The van der Waals surface area contributed by atoms with Crippen LogP contribution in [0.3, 0.4) is 0 Å². The standard InChI is InChI=1S/C35H52O3/c1-22(2)11-10-12-23(3)27-15-16-28-30-24(4)31-35(38-31)21-26(37-32(36)25-13-8-7-9-14-25)17-20-34(35,6)29(30)18-19-33(27,28)5/h7-9,13-14,22-24,26-31H,10-12,15-21H2,1-6H3/t23-,24-,26-,27-,28+,29+,30+,31-,33+,34+,35-/m0/s1. The predicted molar refractivity (Wildman–Crippen MR) is 153 cm³/mol.